The molecule has 20 heavy (non-hydrogen) atoms. The summed E-state index contributed by atoms with van der Waals surface area (Å²) < 4.78 is 27.7. The third-order valence-electron chi connectivity index (χ3n) is 2.16. The summed E-state index contributed by atoms with van der Waals surface area (Å²) in [6.07, 6.45) is 0. The van der Waals surface area contributed by atoms with Crippen molar-refractivity contribution in [1.29, 1.82) is 0 Å². The molecule has 2 N–H and O–H groups in total. The van der Waals surface area contributed by atoms with Crippen LogP contribution in [-0.4, -0.2) is 24.5 Å². The van der Waals surface area contributed by atoms with Crippen LogP contribution in [0.2, 0.25) is 0 Å². The molecule has 0 aliphatic rings. The summed E-state index contributed by atoms with van der Waals surface area (Å²) in [5, 5.41) is 8.91. The van der Waals surface area contributed by atoms with Crippen LogP contribution < -0.4 is 4.72 Å². The molecule has 10 heteroatoms. The Hall–Kier alpha value is -0.970. The second-order valence-electron chi connectivity index (χ2n) is 3.52. The van der Waals surface area contributed by atoms with Gasteiger partial charge in [0.2, 0.25) is 0 Å². The number of hydrogen-bond donors (Lipinski definition) is 2. The van der Waals surface area contributed by atoms with Crippen LogP contribution >= 0.6 is 43.2 Å². The predicted molar refractivity (Wildman–Crippen MR) is 81.7 cm³/mol. The van der Waals surface area contributed by atoms with E-state index in [0.717, 1.165) is 15.8 Å². The van der Waals surface area contributed by atoms with E-state index in [1.807, 2.05) is 0 Å². The van der Waals surface area contributed by atoms with E-state index in [0.29, 0.717) is 10.2 Å². The van der Waals surface area contributed by atoms with Crippen molar-refractivity contribution in [2.24, 2.45) is 0 Å². The number of anilines is 1. The average Bonchev–Trinajstić information content (AvgIpc) is 2.82. The highest BCUT2D eigenvalue weighted by atomic mass is 79.9. The zero-order valence-electron chi connectivity index (χ0n) is 9.50. The Kier molecular flexibility index (Phi) is 4.47. The van der Waals surface area contributed by atoms with Crippen molar-refractivity contribution in [2.45, 2.75) is 4.21 Å². The van der Waals surface area contributed by atoms with E-state index in [1.54, 1.807) is 18.2 Å². The van der Waals surface area contributed by atoms with E-state index in [4.69, 9.17) is 5.11 Å². The van der Waals surface area contributed by atoms with Crippen molar-refractivity contribution in [1.82, 2.24) is 4.98 Å². The van der Waals surface area contributed by atoms with Crippen LogP contribution in [0.4, 0.5) is 5.69 Å². The number of carboxylic acids is 1. The molecule has 0 amide bonds. The minimum Gasteiger partial charge on any atom is -0.476 e. The lowest BCUT2D eigenvalue weighted by Gasteiger charge is -2.09. The van der Waals surface area contributed by atoms with Crippen molar-refractivity contribution >= 4 is 64.9 Å². The summed E-state index contributed by atoms with van der Waals surface area (Å²) in [7, 11) is -4.00. The first-order chi connectivity index (χ1) is 9.31. The quantitative estimate of drug-likeness (QED) is 0.759. The number of sulfonamides is 1. The Morgan fingerprint density at radius 3 is 2.65 bits per heavy atom. The van der Waals surface area contributed by atoms with Gasteiger partial charge >= 0.3 is 5.97 Å². The van der Waals surface area contributed by atoms with Gasteiger partial charge in [0.05, 0.1) is 11.2 Å². The fourth-order valence-electron chi connectivity index (χ4n) is 1.33. The SMILES string of the molecule is O=C(O)c1ncsc1S(=O)(=O)Nc1ccc(Br)cc1Br. The topological polar surface area (TPSA) is 96.4 Å². The van der Waals surface area contributed by atoms with Crippen LogP contribution in [0.3, 0.4) is 0 Å². The Bertz CT molecular complexity index is 773. The van der Waals surface area contributed by atoms with Crippen LogP contribution in [0, 0.1) is 0 Å². The van der Waals surface area contributed by atoms with E-state index < -0.39 is 21.7 Å². The lowest BCUT2D eigenvalue weighted by molar-refractivity contribution is 0.0687. The number of benzene rings is 1. The Morgan fingerprint density at radius 2 is 2.05 bits per heavy atom. The number of rotatable bonds is 4. The molecule has 0 aliphatic heterocycles. The summed E-state index contributed by atoms with van der Waals surface area (Å²) in [5.41, 5.74) is 0.989. The number of nitrogens with one attached hydrogen (secondary N) is 1. The van der Waals surface area contributed by atoms with Gasteiger partial charge in [0.15, 0.2) is 9.90 Å². The van der Waals surface area contributed by atoms with Gasteiger partial charge in [0.25, 0.3) is 10.0 Å². The number of hydrogen-bond acceptors (Lipinski definition) is 5. The number of thiazole rings is 1. The Balaban J connectivity index is 2.41. The van der Waals surface area contributed by atoms with E-state index in [-0.39, 0.29) is 4.21 Å². The number of nitrogens with zero attached hydrogens (tertiary/aromatic N) is 1. The van der Waals surface area contributed by atoms with Crippen LogP contribution in [-0.2, 0) is 10.0 Å². The van der Waals surface area contributed by atoms with Gasteiger partial charge in [-0.3, -0.25) is 4.72 Å². The molecule has 0 saturated heterocycles. The highest BCUT2D eigenvalue weighted by molar-refractivity contribution is 9.11. The van der Waals surface area contributed by atoms with Crippen molar-refractivity contribution in [3.8, 4) is 0 Å². The molecular weight excluding hydrogens is 436 g/mol. The number of halogens is 2. The third-order valence-corrected chi connectivity index (χ3v) is 6.04. The fraction of sp³-hybridized carbons (Fsp3) is 0. The first-order valence-electron chi connectivity index (χ1n) is 4.96. The summed E-state index contributed by atoms with van der Waals surface area (Å²) >= 11 is 7.22. The predicted octanol–water partition coefficient (Wildman–Crippen LogP) is 3.17. The standard InChI is InChI=1S/C10H6Br2N2O4S2/c11-5-1-2-7(6(12)3-5)14-20(17,18)10-8(9(15)16)13-4-19-10/h1-4,14H,(H,15,16). The summed E-state index contributed by atoms with van der Waals surface area (Å²) in [6, 6.07) is 4.88. The molecule has 0 fully saturated rings. The Morgan fingerprint density at radius 1 is 1.35 bits per heavy atom. The average molecular weight is 442 g/mol. The number of carboxylic acid groups (broad SMARTS) is 1. The van der Waals surface area contributed by atoms with Crippen molar-refractivity contribution in [3.63, 3.8) is 0 Å². The molecule has 106 valence electrons. The van der Waals surface area contributed by atoms with Gasteiger partial charge in [0, 0.05) is 8.95 Å². The zero-order valence-corrected chi connectivity index (χ0v) is 14.3. The minimum atomic E-state index is -4.00. The summed E-state index contributed by atoms with van der Waals surface area (Å²) in [6.45, 7) is 0. The van der Waals surface area contributed by atoms with Crippen LogP contribution in [0.15, 0.2) is 36.9 Å². The molecule has 0 atom stereocenters. The van der Waals surface area contributed by atoms with Gasteiger partial charge in [-0.2, -0.15) is 0 Å². The lowest BCUT2D eigenvalue weighted by Crippen LogP contribution is -2.15. The zero-order chi connectivity index (χ0) is 14.9. The van der Waals surface area contributed by atoms with Gasteiger partial charge in [-0.15, -0.1) is 11.3 Å². The van der Waals surface area contributed by atoms with Gasteiger partial charge < -0.3 is 5.11 Å². The molecule has 0 spiro atoms. The number of aromatic carboxylic acids is 1. The maximum Gasteiger partial charge on any atom is 0.356 e. The molecule has 2 aromatic rings. The van der Waals surface area contributed by atoms with Crippen molar-refractivity contribution < 1.29 is 18.3 Å². The Labute approximate surface area is 135 Å². The number of carbonyl (C=O) groups is 1. The third kappa shape index (κ3) is 3.19. The molecule has 0 aliphatic carbocycles. The largest absolute Gasteiger partial charge is 0.476 e. The molecule has 0 saturated carbocycles. The lowest BCUT2D eigenvalue weighted by atomic mass is 10.3. The molecule has 1 aromatic carbocycles. The normalized spacial score (nSPS) is 11.3. The molecular formula is C10H6Br2N2O4S2. The van der Waals surface area contributed by atoms with E-state index in [1.165, 1.54) is 5.51 Å². The van der Waals surface area contributed by atoms with Gasteiger partial charge in [-0.25, -0.2) is 18.2 Å². The molecule has 2 rings (SSSR count). The van der Waals surface area contributed by atoms with Crippen LogP contribution in [0.5, 0.6) is 0 Å². The van der Waals surface area contributed by atoms with E-state index >= 15 is 0 Å². The van der Waals surface area contributed by atoms with E-state index in [2.05, 4.69) is 41.6 Å². The van der Waals surface area contributed by atoms with Gasteiger partial charge in [-0.05, 0) is 34.1 Å². The summed E-state index contributed by atoms with van der Waals surface area (Å²) in [5.74, 6) is -1.39. The monoisotopic (exact) mass is 440 g/mol. The second kappa shape index (κ2) is 5.80. The maximum atomic E-state index is 12.2. The van der Waals surface area contributed by atoms with Crippen molar-refractivity contribution in [2.75, 3.05) is 4.72 Å². The second-order valence-corrected chi connectivity index (χ2v) is 8.03. The maximum absolute atomic E-state index is 12.2. The molecule has 1 heterocycles. The molecule has 6 nitrogen and oxygen atoms in total. The highest BCUT2D eigenvalue weighted by Gasteiger charge is 2.26. The highest BCUT2D eigenvalue weighted by Crippen LogP contribution is 2.29. The molecule has 0 bridgehead atoms. The minimum absolute atomic E-state index is 0.304. The van der Waals surface area contributed by atoms with Crippen LogP contribution in [0.1, 0.15) is 10.5 Å². The van der Waals surface area contributed by atoms with Crippen LogP contribution in [0.25, 0.3) is 0 Å². The van der Waals surface area contributed by atoms with Crippen molar-refractivity contribution in [3.05, 3.63) is 38.3 Å². The van der Waals surface area contributed by atoms with Gasteiger partial charge in [-0.1, -0.05) is 15.9 Å². The fourth-order valence-corrected chi connectivity index (χ4v) is 4.83. The first-order valence-corrected chi connectivity index (χ1v) is 8.91. The number of aromatic nitrogens is 1. The van der Waals surface area contributed by atoms with E-state index in [9.17, 15) is 13.2 Å². The first kappa shape index (κ1) is 15.4. The van der Waals surface area contributed by atoms with Gasteiger partial charge in [0.1, 0.15) is 0 Å². The molecule has 0 radical (unpaired) electrons. The molecule has 1 aromatic heterocycles. The summed E-state index contributed by atoms with van der Waals surface area (Å²) in [4.78, 5) is 14.5. The molecule has 0 unspecified atom stereocenters. The smallest absolute Gasteiger partial charge is 0.356 e.